The molecule has 1 aliphatic rings. The third kappa shape index (κ3) is 5.71. The molecule has 0 N–H and O–H groups in total. The van der Waals surface area contributed by atoms with E-state index in [1.54, 1.807) is 17.2 Å². The second kappa shape index (κ2) is 8.91. The molecule has 1 aliphatic heterocycles. The zero-order chi connectivity index (χ0) is 21.9. The monoisotopic (exact) mass is 437 g/mol. The number of hydrogen-bond acceptors (Lipinski definition) is 3. The molecule has 0 spiro atoms. The number of alkyl halides is 6. The number of benzene rings is 2. The van der Waals surface area contributed by atoms with E-state index in [-0.39, 0.29) is 37.3 Å². The molecule has 0 aliphatic carbocycles. The van der Waals surface area contributed by atoms with E-state index in [1.807, 2.05) is 0 Å². The molecule has 164 valence electrons. The zero-order valence-corrected chi connectivity index (χ0v) is 15.6. The normalized spacial score (nSPS) is 18.6. The number of ether oxygens (including phenoxy) is 1. The van der Waals surface area contributed by atoms with Gasteiger partial charge in [-0.3, -0.25) is 4.84 Å². The van der Waals surface area contributed by atoms with Crippen molar-refractivity contribution in [2.45, 2.75) is 24.8 Å². The Morgan fingerprint density at radius 3 is 2.10 bits per heavy atom. The summed E-state index contributed by atoms with van der Waals surface area (Å²) < 4.78 is 96.4. The molecule has 3 rings (SSSR count). The van der Waals surface area contributed by atoms with Crippen molar-refractivity contribution < 1.29 is 40.3 Å². The van der Waals surface area contributed by atoms with E-state index in [0.29, 0.717) is 25.3 Å². The fourth-order valence-electron chi connectivity index (χ4n) is 3.13. The second-order valence-corrected chi connectivity index (χ2v) is 6.78. The molecule has 1 heterocycles. The topological polar surface area (TPSA) is 21.7 Å². The van der Waals surface area contributed by atoms with Crippen molar-refractivity contribution in [1.82, 2.24) is 5.06 Å². The van der Waals surface area contributed by atoms with Crippen LogP contribution in [0.5, 0.6) is 0 Å². The number of nitrogens with zero attached hydrogens (tertiary/aromatic N) is 1. The largest absolute Gasteiger partial charge is 0.416 e. The van der Waals surface area contributed by atoms with Crippen LogP contribution < -0.4 is 0 Å². The van der Waals surface area contributed by atoms with Gasteiger partial charge >= 0.3 is 12.4 Å². The van der Waals surface area contributed by atoms with Gasteiger partial charge in [-0.25, -0.2) is 4.39 Å². The lowest BCUT2D eigenvalue weighted by molar-refractivity contribution is -0.226. The Bertz CT molecular complexity index is 817. The van der Waals surface area contributed by atoms with Gasteiger partial charge in [0.2, 0.25) is 0 Å². The van der Waals surface area contributed by atoms with Gasteiger partial charge in [-0.1, -0.05) is 12.1 Å². The van der Waals surface area contributed by atoms with Crippen molar-refractivity contribution in [2.24, 2.45) is 0 Å². The van der Waals surface area contributed by atoms with Crippen molar-refractivity contribution in [3.05, 3.63) is 70.5 Å². The summed E-state index contributed by atoms with van der Waals surface area (Å²) in [6, 6.07) is 6.79. The number of hydroxylamine groups is 2. The van der Waals surface area contributed by atoms with Crippen LogP contribution in [0.15, 0.2) is 42.5 Å². The molecule has 0 amide bonds. The predicted molar refractivity (Wildman–Crippen MR) is 92.8 cm³/mol. The minimum Gasteiger partial charge on any atom is -0.378 e. The maximum Gasteiger partial charge on any atom is 0.416 e. The Kier molecular flexibility index (Phi) is 6.68. The molecular weight excluding hydrogens is 419 g/mol. The highest BCUT2D eigenvalue weighted by Gasteiger charge is 2.37. The Hall–Kier alpha value is -2.17. The van der Waals surface area contributed by atoms with Gasteiger partial charge in [-0.05, 0) is 47.9 Å². The first-order valence-corrected chi connectivity index (χ1v) is 9.05. The van der Waals surface area contributed by atoms with Crippen LogP contribution in [0.4, 0.5) is 30.7 Å². The van der Waals surface area contributed by atoms with Crippen LogP contribution in [0.2, 0.25) is 0 Å². The average molecular weight is 437 g/mol. The van der Waals surface area contributed by atoms with Gasteiger partial charge in [0.1, 0.15) is 5.82 Å². The summed E-state index contributed by atoms with van der Waals surface area (Å²) in [4.78, 5) is 5.63. The minimum absolute atomic E-state index is 0.0941. The number of rotatable bonds is 5. The van der Waals surface area contributed by atoms with E-state index in [4.69, 9.17) is 9.57 Å². The highest BCUT2D eigenvalue weighted by molar-refractivity contribution is 5.33. The lowest BCUT2D eigenvalue weighted by Gasteiger charge is -2.34. The van der Waals surface area contributed by atoms with Gasteiger partial charge in [0.05, 0.1) is 37.0 Å². The first-order valence-electron chi connectivity index (χ1n) is 9.05. The van der Waals surface area contributed by atoms with Gasteiger partial charge in [0.15, 0.2) is 0 Å². The Morgan fingerprint density at radius 1 is 0.933 bits per heavy atom. The molecule has 10 heteroatoms. The van der Waals surface area contributed by atoms with Crippen LogP contribution in [0.25, 0.3) is 0 Å². The molecule has 0 aromatic heterocycles. The summed E-state index contributed by atoms with van der Waals surface area (Å²) in [5.74, 6) is -0.409. The van der Waals surface area contributed by atoms with Crippen LogP contribution >= 0.6 is 0 Å². The van der Waals surface area contributed by atoms with Crippen molar-refractivity contribution in [1.29, 1.82) is 0 Å². The van der Waals surface area contributed by atoms with Gasteiger partial charge in [0.25, 0.3) is 0 Å². The molecular formula is C20H18F7NO2. The predicted octanol–water partition coefficient (Wildman–Crippen LogP) is 5.41. The van der Waals surface area contributed by atoms with Crippen molar-refractivity contribution in [3.8, 4) is 0 Å². The van der Waals surface area contributed by atoms with E-state index < -0.39 is 29.3 Å². The van der Waals surface area contributed by atoms with E-state index in [2.05, 4.69) is 0 Å². The highest BCUT2D eigenvalue weighted by Crippen LogP contribution is 2.36. The van der Waals surface area contributed by atoms with Crippen molar-refractivity contribution in [2.75, 3.05) is 26.4 Å². The molecule has 0 bridgehead atoms. The first kappa shape index (κ1) is 22.5. The smallest absolute Gasteiger partial charge is 0.378 e. The van der Waals surface area contributed by atoms with Crippen molar-refractivity contribution >= 4 is 0 Å². The molecule has 0 saturated carbocycles. The second-order valence-electron chi connectivity index (χ2n) is 6.78. The molecule has 1 saturated heterocycles. The first-order chi connectivity index (χ1) is 14.0. The molecule has 1 unspecified atom stereocenters. The van der Waals surface area contributed by atoms with Gasteiger partial charge in [0, 0.05) is 6.54 Å². The molecule has 30 heavy (non-hydrogen) atoms. The summed E-state index contributed by atoms with van der Waals surface area (Å²) in [5.41, 5.74) is -2.14. The average Bonchev–Trinajstić information content (AvgIpc) is 2.67. The minimum atomic E-state index is -4.89. The summed E-state index contributed by atoms with van der Waals surface area (Å²) in [6.45, 7) is 0.821. The van der Waals surface area contributed by atoms with E-state index >= 15 is 0 Å². The number of halogens is 7. The maximum absolute atomic E-state index is 13.1. The molecule has 2 aromatic carbocycles. The molecule has 0 radical (unpaired) electrons. The molecule has 3 nitrogen and oxygen atoms in total. The van der Waals surface area contributed by atoms with Gasteiger partial charge in [-0.2, -0.15) is 31.4 Å². The highest BCUT2D eigenvalue weighted by atomic mass is 19.4. The van der Waals surface area contributed by atoms with Crippen LogP contribution in [0.1, 0.15) is 28.3 Å². The number of morpholine rings is 1. The summed E-state index contributed by atoms with van der Waals surface area (Å²) in [6.07, 6.45) is -9.94. The van der Waals surface area contributed by atoms with Crippen LogP contribution in [0, 0.1) is 5.82 Å². The fraction of sp³-hybridized carbons (Fsp3) is 0.400. The lowest BCUT2D eigenvalue weighted by Crippen LogP contribution is -2.39. The number of hydrogen-bond donors (Lipinski definition) is 0. The van der Waals surface area contributed by atoms with E-state index in [0.717, 1.165) is 5.56 Å². The van der Waals surface area contributed by atoms with Crippen molar-refractivity contribution in [3.63, 3.8) is 0 Å². The Balaban J connectivity index is 1.70. The Labute approximate surface area is 168 Å². The SMILES string of the molecule is Fc1ccc(C2COCCN2OCCc2cc(C(F)(F)F)cc(C(F)(F)F)c2)cc1. The van der Waals surface area contributed by atoms with Crippen LogP contribution in [0.3, 0.4) is 0 Å². The van der Waals surface area contributed by atoms with E-state index in [9.17, 15) is 30.7 Å². The van der Waals surface area contributed by atoms with Crippen LogP contribution in [-0.2, 0) is 28.3 Å². The third-order valence-electron chi connectivity index (χ3n) is 4.63. The summed E-state index contributed by atoms with van der Waals surface area (Å²) in [5, 5.41) is 1.55. The Morgan fingerprint density at radius 2 is 1.53 bits per heavy atom. The lowest BCUT2D eigenvalue weighted by atomic mass is 10.0. The molecule has 1 atom stereocenters. The fourth-order valence-corrected chi connectivity index (χ4v) is 3.13. The molecule has 1 fully saturated rings. The summed E-state index contributed by atoms with van der Waals surface area (Å²) in [7, 11) is 0. The zero-order valence-electron chi connectivity index (χ0n) is 15.6. The maximum atomic E-state index is 13.1. The standard InChI is InChI=1S/C20H18F7NO2/c21-17-3-1-14(2-4-17)18-12-29-8-6-28(18)30-7-5-13-9-15(19(22,23)24)11-16(10-13)20(25,26)27/h1-4,9-11,18H,5-8,12H2. The summed E-state index contributed by atoms with van der Waals surface area (Å²) >= 11 is 0. The third-order valence-corrected chi connectivity index (χ3v) is 4.63. The van der Waals surface area contributed by atoms with Gasteiger partial charge in [-0.15, -0.1) is 0 Å². The quantitative estimate of drug-likeness (QED) is 0.584. The van der Waals surface area contributed by atoms with E-state index in [1.165, 1.54) is 12.1 Å². The van der Waals surface area contributed by atoms with Gasteiger partial charge < -0.3 is 4.74 Å². The van der Waals surface area contributed by atoms with Crippen LogP contribution in [-0.4, -0.2) is 31.4 Å². The molecule has 2 aromatic rings.